The summed E-state index contributed by atoms with van der Waals surface area (Å²) in [6.45, 7) is 5.67. The summed E-state index contributed by atoms with van der Waals surface area (Å²) in [4.78, 5) is 17.7. The van der Waals surface area contributed by atoms with Crippen molar-refractivity contribution in [1.29, 1.82) is 0 Å². The Hall–Kier alpha value is -1.69. The number of benzene rings is 1. The first kappa shape index (κ1) is 16.2. The fraction of sp³-hybridized carbons (Fsp3) is 0.389. The molecule has 2 aromatic rings. The quantitative estimate of drug-likeness (QED) is 0.937. The molecule has 1 N–H and O–H groups in total. The van der Waals surface area contributed by atoms with E-state index in [1.54, 1.807) is 11.3 Å². The highest BCUT2D eigenvalue weighted by atomic mass is 32.1. The molecule has 1 aliphatic rings. The van der Waals surface area contributed by atoms with E-state index in [1.807, 2.05) is 53.6 Å². The Morgan fingerprint density at radius 3 is 2.65 bits per heavy atom. The zero-order chi connectivity index (χ0) is 16.2. The summed E-state index contributed by atoms with van der Waals surface area (Å²) in [5, 5.41) is 12.2. The summed E-state index contributed by atoms with van der Waals surface area (Å²) in [5.74, 6) is 0.104. The van der Waals surface area contributed by atoms with Crippen molar-refractivity contribution in [2.24, 2.45) is 0 Å². The monoisotopic (exact) mass is 330 g/mol. The van der Waals surface area contributed by atoms with Gasteiger partial charge in [-0.2, -0.15) is 0 Å². The van der Waals surface area contributed by atoms with Gasteiger partial charge in [-0.1, -0.05) is 23.8 Å². The number of carbonyl (C=O) groups excluding carboxylic acids is 1. The van der Waals surface area contributed by atoms with Crippen LogP contribution in [0.15, 0.2) is 41.8 Å². The number of thiophene rings is 1. The molecule has 1 saturated heterocycles. The van der Waals surface area contributed by atoms with Crippen LogP contribution in [-0.2, 0) is 0 Å². The highest BCUT2D eigenvalue weighted by Crippen LogP contribution is 2.20. The minimum atomic E-state index is -0.436. The molecule has 1 amide bonds. The molecular formula is C18H22N2O2S. The van der Waals surface area contributed by atoms with Gasteiger partial charge in [0.25, 0.3) is 5.91 Å². The van der Waals surface area contributed by atoms with E-state index in [4.69, 9.17) is 0 Å². The number of β-amino-alcohol motifs (C(OH)–C–C–N with tert-alkyl or cyclic N) is 1. The van der Waals surface area contributed by atoms with E-state index < -0.39 is 6.10 Å². The Bertz CT molecular complexity index is 649. The van der Waals surface area contributed by atoms with Gasteiger partial charge in [-0.3, -0.25) is 9.69 Å². The first-order valence-corrected chi connectivity index (χ1v) is 8.81. The van der Waals surface area contributed by atoms with Gasteiger partial charge in [0.15, 0.2) is 0 Å². The summed E-state index contributed by atoms with van der Waals surface area (Å²) in [6.07, 6.45) is -0.436. The second-order valence-corrected chi connectivity index (χ2v) is 6.97. The van der Waals surface area contributed by atoms with Crippen molar-refractivity contribution in [2.45, 2.75) is 13.0 Å². The molecule has 2 heterocycles. The highest BCUT2D eigenvalue weighted by Gasteiger charge is 2.23. The average molecular weight is 330 g/mol. The van der Waals surface area contributed by atoms with Crippen molar-refractivity contribution < 1.29 is 9.90 Å². The maximum absolute atomic E-state index is 12.5. The van der Waals surface area contributed by atoms with Crippen LogP contribution in [-0.4, -0.2) is 53.5 Å². The molecule has 1 unspecified atom stereocenters. The summed E-state index contributed by atoms with van der Waals surface area (Å²) in [5.41, 5.74) is 1.87. The number of aryl methyl sites for hydroxylation is 1. The van der Waals surface area contributed by atoms with Crippen LogP contribution in [0.5, 0.6) is 0 Å². The van der Waals surface area contributed by atoms with E-state index in [0.717, 1.165) is 29.1 Å². The minimum Gasteiger partial charge on any atom is -0.386 e. The molecule has 122 valence electrons. The van der Waals surface area contributed by atoms with Crippen LogP contribution in [0.3, 0.4) is 0 Å². The molecule has 1 aliphatic heterocycles. The van der Waals surface area contributed by atoms with Crippen molar-refractivity contribution in [1.82, 2.24) is 9.80 Å². The molecule has 0 radical (unpaired) electrons. The summed E-state index contributed by atoms with van der Waals surface area (Å²) in [6, 6.07) is 11.7. The molecule has 1 fully saturated rings. The van der Waals surface area contributed by atoms with Crippen molar-refractivity contribution in [3.05, 3.63) is 57.8 Å². The highest BCUT2D eigenvalue weighted by molar-refractivity contribution is 7.10. The van der Waals surface area contributed by atoms with E-state index in [9.17, 15) is 9.90 Å². The number of aliphatic hydroxyl groups excluding tert-OH is 1. The number of hydrogen-bond donors (Lipinski definition) is 1. The SMILES string of the molecule is Cc1cccc(C(=O)N2CCN(CC(O)c3cccs3)CC2)c1. The molecule has 0 bridgehead atoms. The van der Waals surface area contributed by atoms with Crippen LogP contribution < -0.4 is 0 Å². The number of nitrogens with zero attached hydrogens (tertiary/aromatic N) is 2. The number of rotatable bonds is 4. The van der Waals surface area contributed by atoms with E-state index in [1.165, 1.54) is 0 Å². The normalized spacial score (nSPS) is 17.2. The molecule has 0 aliphatic carbocycles. The Morgan fingerprint density at radius 2 is 2.00 bits per heavy atom. The number of piperazine rings is 1. The van der Waals surface area contributed by atoms with Crippen LogP contribution in [0.25, 0.3) is 0 Å². The summed E-state index contributed by atoms with van der Waals surface area (Å²) >= 11 is 1.58. The molecule has 5 heteroatoms. The number of carbonyl (C=O) groups is 1. The predicted octanol–water partition coefficient (Wildman–Crippen LogP) is 2.55. The molecule has 0 spiro atoms. The molecule has 0 saturated carbocycles. The Morgan fingerprint density at radius 1 is 1.22 bits per heavy atom. The van der Waals surface area contributed by atoms with Crippen molar-refractivity contribution in [3.8, 4) is 0 Å². The lowest BCUT2D eigenvalue weighted by Crippen LogP contribution is -2.49. The Balaban J connectivity index is 1.53. The van der Waals surface area contributed by atoms with Gasteiger partial charge >= 0.3 is 0 Å². The van der Waals surface area contributed by atoms with Gasteiger partial charge in [0.2, 0.25) is 0 Å². The fourth-order valence-corrected chi connectivity index (χ4v) is 3.61. The van der Waals surface area contributed by atoms with Crippen molar-refractivity contribution >= 4 is 17.2 Å². The lowest BCUT2D eigenvalue weighted by atomic mass is 10.1. The van der Waals surface area contributed by atoms with Crippen LogP contribution >= 0.6 is 11.3 Å². The van der Waals surface area contributed by atoms with E-state index in [2.05, 4.69) is 4.90 Å². The van der Waals surface area contributed by atoms with Gasteiger partial charge in [0.1, 0.15) is 6.10 Å². The largest absolute Gasteiger partial charge is 0.386 e. The zero-order valence-electron chi connectivity index (χ0n) is 13.3. The predicted molar refractivity (Wildman–Crippen MR) is 92.8 cm³/mol. The molecule has 1 aromatic carbocycles. The van der Waals surface area contributed by atoms with E-state index in [-0.39, 0.29) is 5.91 Å². The third-order valence-electron chi connectivity index (χ3n) is 4.23. The molecule has 1 atom stereocenters. The first-order chi connectivity index (χ1) is 11.1. The summed E-state index contributed by atoms with van der Waals surface area (Å²) < 4.78 is 0. The van der Waals surface area contributed by atoms with Gasteiger partial charge in [-0.05, 0) is 30.5 Å². The van der Waals surface area contributed by atoms with Crippen molar-refractivity contribution in [2.75, 3.05) is 32.7 Å². The van der Waals surface area contributed by atoms with Crippen LogP contribution in [0.2, 0.25) is 0 Å². The average Bonchev–Trinajstić information content (AvgIpc) is 3.09. The molecule has 23 heavy (non-hydrogen) atoms. The topological polar surface area (TPSA) is 43.8 Å². The zero-order valence-corrected chi connectivity index (χ0v) is 14.1. The Labute approximate surface area is 141 Å². The minimum absolute atomic E-state index is 0.104. The van der Waals surface area contributed by atoms with Gasteiger partial charge < -0.3 is 10.0 Å². The fourth-order valence-electron chi connectivity index (χ4n) is 2.91. The maximum atomic E-state index is 12.5. The lowest BCUT2D eigenvalue weighted by molar-refractivity contribution is 0.0533. The smallest absolute Gasteiger partial charge is 0.253 e. The van der Waals surface area contributed by atoms with E-state index >= 15 is 0 Å². The number of aliphatic hydroxyl groups is 1. The van der Waals surface area contributed by atoms with Gasteiger partial charge in [-0.25, -0.2) is 0 Å². The van der Waals surface area contributed by atoms with Crippen molar-refractivity contribution in [3.63, 3.8) is 0 Å². The third-order valence-corrected chi connectivity index (χ3v) is 5.20. The molecule has 4 nitrogen and oxygen atoms in total. The first-order valence-electron chi connectivity index (χ1n) is 7.93. The maximum Gasteiger partial charge on any atom is 0.253 e. The van der Waals surface area contributed by atoms with Crippen LogP contribution in [0.4, 0.5) is 0 Å². The van der Waals surface area contributed by atoms with Crippen LogP contribution in [0, 0.1) is 6.92 Å². The Kier molecular flexibility index (Phi) is 5.10. The number of amides is 1. The molecule has 3 rings (SSSR count). The second-order valence-electron chi connectivity index (χ2n) is 5.99. The summed E-state index contributed by atoms with van der Waals surface area (Å²) in [7, 11) is 0. The lowest BCUT2D eigenvalue weighted by Gasteiger charge is -2.35. The second kappa shape index (κ2) is 7.25. The van der Waals surface area contributed by atoms with E-state index in [0.29, 0.717) is 19.6 Å². The van der Waals surface area contributed by atoms with Crippen LogP contribution in [0.1, 0.15) is 26.9 Å². The van der Waals surface area contributed by atoms with Gasteiger partial charge in [-0.15, -0.1) is 11.3 Å². The van der Waals surface area contributed by atoms with Gasteiger partial charge in [0, 0.05) is 43.2 Å². The molecular weight excluding hydrogens is 308 g/mol. The molecule has 1 aromatic heterocycles. The number of hydrogen-bond acceptors (Lipinski definition) is 4. The standard InChI is InChI=1S/C18H22N2O2S/c1-14-4-2-5-15(12-14)18(22)20-9-7-19(8-10-20)13-16(21)17-6-3-11-23-17/h2-6,11-12,16,21H,7-10,13H2,1H3. The van der Waals surface area contributed by atoms with Gasteiger partial charge in [0.05, 0.1) is 0 Å². The third kappa shape index (κ3) is 3.99.